The van der Waals surface area contributed by atoms with E-state index < -0.39 is 12.1 Å². The average molecular weight is 713 g/mol. The van der Waals surface area contributed by atoms with E-state index in [1.165, 1.54) is 141 Å². The molecule has 4 aliphatic carbocycles. The third kappa shape index (κ3) is 16.1. The Bertz CT molecular complexity index is 967. The molecule has 0 aromatic heterocycles. The van der Waals surface area contributed by atoms with Gasteiger partial charge in [0.15, 0.2) is 5.78 Å². The van der Waals surface area contributed by atoms with Crippen molar-refractivity contribution in [3.05, 3.63) is 0 Å². The molecule has 7 heteroatoms. The van der Waals surface area contributed by atoms with E-state index in [0.717, 1.165) is 49.4 Å². The Balaban J connectivity index is 1.25. The first-order valence-corrected chi connectivity index (χ1v) is 22.4. The second-order valence-electron chi connectivity index (χ2n) is 18.2. The van der Waals surface area contributed by atoms with Crippen molar-refractivity contribution in [1.82, 2.24) is 16.0 Å². The van der Waals surface area contributed by atoms with E-state index in [9.17, 15) is 14.4 Å². The van der Waals surface area contributed by atoms with Gasteiger partial charge in [0.05, 0.1) is 12.1 Å². The molecule has 4 saturated carbocycles. The third-order valence-electron chi connectivity index (χ3n) is 13.6. The molecule has 4 aliphatic rings. The van der Waals surface area contributed by atoms with Gasteiger partial charge in [-0.25, -0.2) is 4.79 Å². The first kappa shape index (κ1) is 42.1. The molecule has 0 radical (unpaired) electrons. The minimum absolute atomic E-state index is 0.0423. The monoisotopic (exact) mass is 713 g/mol. The molecule has 0 spiro atoms. The standard InChI is InChI=1S/C44H80N4O3/c1-33(2)42(47-39-26-24-38(25-27-39)37-21-16-12-6-4-3-5-7-13-17-22-37)43(50)48-40(23-18-28-46-44(45)51)41(49)32-36-30-35(31-36)29-34-19-14-10-8-9-11-15-20-34/h33-40,42,47H,3-32H2,1-2H3,(H,48,50)(H3,45,46,51)/t35?,36?,38?,39?,40-,42-/m0/s1. The van der Waals surface area contributed by atoms with Crippen molar-refractivity contribution in [2.45, 2.75) is 218 Å². The fourth-order valence-electron chi connectivity index (χ4n) is 10.4. The predicted octanol–water partition coefficient (Wildman–Crippen LogP) is 10.1. The van der Waals surface area contributed by atoms with E-state index in [0.29, 0.717) is 37.8 Å². The van der Waals surface area contributed by atoms with Crippen molar-refractivity contribution < 1.29 is 14.4 Å². The molecule has 5 N–H and O–H groups in total. The Morgan fingerprint density at radius 3 is 1.67 bits per heavy atom. The van der Waals surface area contributed by atoms with E-state index in [2.05, 4.69) is 29.8 Å². The molecule has 294 valence electrons. The second-order valence-corrected chi connectivity index (χ2v) is 18.2. The van der Waals surface area contributed by atoms with Crippen molar-refractivity contribution >= 4 is 17.7 Å². The normalized spacial score (nSPS) is 28.1. The van der Waals surface area contributed by atoms with Crippen LogP contribution in [0.25, 0.3) is 0 Å². The maximum atomic E-state index is 13.9. The van der Waals surface area contributed by atoms with Crippen LogP contribution in [0, 0.1) is 35.5 Å². The van der Waals surface area contributed by atoms with E-state index in [4.69, 9.17) is 5.73 Å². The van der Waals surface area contributed by atoms with Crippen LogP contribution in [0.2, 0.25) is 0 Å². The number of nitrogens with one attached hydrogen (secondary N) is 3. The zero-order valence-electron chi connectivity index (χ0n) is 33.2. The number of hydrogen-bond acceptors (Lipinski definition) is 4. The van der Waals surface area contributed by atoms with E-state index in [-0.39, 0.29) is 23.7 Å². The van der Waals surface area contributed by atoms with Gasteiger partial charge in [-0.1, -0.05) is 136 Å². The molecule has 7 nitrogen and oxygen atoms in total. The maximum Gasteiger partial charge on any atom is 0.312 e. The summed E-state index contributed by atoms with van der Waals surface area (Å²) in [6.07, 6.45) is 36.9. The molecule has 3 amide bonds. The molecule has 0 unspecified atom stereocenters. The molecule has 0 saturated heterocycles. The van der Waals surface area contributed by atoms with Crippen LogP contribution in [-0.2, 0) is 9.59 Å². The summed E-state index contributed by atoms with van der Waals surface area (Å²) in [7, 11) is 0. The van der Waals surface area contributed by atoms with Crippen LogP contribution in [0.1, 0.15) is 200 Å². The lowest BCUT2D eigenvalue weighted by Gasteiger charge is -2.38. The lowest BCUT2D eigenvalue weighted by molar-refractivity contribution is -0.131. The van der Waals surface area contributed by atoms with Crippen LogP contribution in [0.5, 0.6) is 0 Å². The van der Waals surface area contributed by atoms with Gasteiger partial charge >= 0.3 is 6.03 Å². The summed E-state index contributed by atoms with van der Waals surface area (Å²) in [6.45, 7) is 4.65. The molecular weight excluding hydrogens is 633 g/mol. The van der Waals surface area contributed by atoms with Crippen LogP contribution in [0.3, 0.4) is 0 Å². The Hall–Kier alpha value is -1.63. The zero-order chi connectivity index (χ0) is 36.3. The summed E-state index contributed by atoms with van der Waals surface area (Å²) in [5.74, 6) is 4.04. The van der Waals surface area contributed by atoms with Gasteiger partial charge in [-0.2, -0.15) is 0 Å². The molecule has 0 aliphatic heterocycles. The van der Waals surface area contributed by atoms with E-state index in [1.807, 2.05) is 0 Å². The van der Waals surface area contributed by atoms with Gasteiger partial charge in [0.2, 0.25) is 5.91 Å². The highest BCUT2D eigenvalue weighted by Gasteiger charge is 2.36. The Labute approximate surface area is 313 Å². The van der Waals surface area contributed by atoms with E-state index in [1.54, 1.807) is 0 Å². The lowest BCUT2D eigenvalue weighted by Crippen LogP contribution is -2.55. The minimum atomic E-state index is -0.549. The van der Waals surface area contributed by atoms with Crippen molar-refractivity contribution in [3.63, 3.8) is 0 Å². The first-order chi connectivity index (χ1) is 24.8. The van der Waals surface area contributed by atoms with Crippen molar-refractivity contribution in [2.75, 3.05) is 6.54 Å². The number of ketones is 1. The number of urea groups is 1. The molecular formula is C44H80N4O3. The summed E-state index contributed by atoms with van der Waals surface area (Å²) in [5, 5.41) is 9.66. The predicted molar refractivity (Wildman–Crippen MR) is 211 cm³/mol. The first-order valence-electron chi connectivity index (χ1n) is 22.4. The molecule has 0 aromatic carbocycles. The summed E-state index contributed by atoms with van der Waals surface area (Å²) in [5.41, 5.74) is 5.30. The second kappa shape index (κ2) is 23.9. The summed E-state index contributed by atoms with van der Waals surface area (Å²) in [6, 6.07) is -1.02. The van der Waals surface area contributed by atoms with Gasteiger partial charge in [-0.05, 0) is 93.3 Å². The van der Waals surface area contributed by atoms with Gasteiger partial charge in [-0.15, -0.1) is 0 Å². The number of nitrogens with two attached hydrogens (primary N) is 1. The largest absolute Gasteiger partial charge is 0.352 e. The van der Waals surface area contributed by atoms with Crippen LogP contribution in [-0.4, -0.2) is 42.4 Å². The van der Waals surface area contributed by atoms with Crippen LogP contribution < -0.4 is 21.7 Å². The van der Waals surface area contributed by atoms with Crippen LogP contribution in [0.4, 0.5) is 4.79 Å². The SMILES string of the molecule is CC(C)[C@H](NC1CCC(C2CCCCCCCCCCC2)CC1)C(=O)N[C@@H](CCCNC(N)=O)C(=O)CC1CC(CC2CCCCCCCC2)C1. The fourth-order valence-corrected chi connectivity index (χ4v) is 10.4. The highest BCUT2D eigenvalue weighted by Crippen LogP contribution is 2.42. The van der Waals surface area contributed by atoms with Crippen molar-refractivity contribution in [1.29, 1.82) is 0 Å². The fraction of sp³-hybridized carbons (Fsp3) is 0.932. The van der Waals surface area contributed by atoms with Gasteiger partial charge in [0.1, 0.15) is 0 Å². The number of Topliss-reactive ketones (excluding diaryl/α,β-unsaturated/α-hetero) is 1. The third-order valence-corrected chi connectivity index (χ3v) is 13.6. The van der Waals surface area contributed by atoms with Crippen molar-refractivity contribution in [3.8, 4) is 0 Å². The topological polar surface area (TPSA) is 113 Å². The number of carbonyl (C=O) groups is 3. The quantitative estimate of drug-likeness (QED) is 0.127. The molecule has 0 bridgehead atoms. The summed E-state index contributed by atoms with van der Waals surface area (Å²) < 4.78 is 0. The van der Waals surface area contributed by atoms with Gasteiger partial charge in [0.25, 0.3) is 0 Å². The highest BCUT2D eigenvalue weighted by atomic mass is 16.2. The molecule has 2 atom stereocenters. The van der Waals surface area contributed by atoms with Gasteiger partial charge in [-0.3, -0.25) is 9.59 Å². The Morgan fingerprint density at radius 1 is 0.627 bits per heavy atom. The minimum Gasteiger partial charge on any atom is -0.352 e. The average Bonchev–Trinajstić information content (AvgIpc) is 3.22. The molecule has 4 rings (SSSR count). The number of carbonyl (C=O) groups excluding carboxylic acids is 3. The smallest absolute Gasteiger partial charge is 0.312 e. The summed E-state index contributed by atoms with van der Waals surface area (Å²) in [4.78, 5) is 39.0. The lowest BCUT2D eigenvalue weighted by atomic mass is 9.68. The maximum absolute atomic E-state index is 13.9. The number of hydrogen-bond donors (Lipinski definition) is 4. The Morgan fingerprint density at radius 2 is 1.14 bits per heavy atom. The van der Waals surface area contributed by atoms with Crippen LogP contribution >= 0.6 is 0 Å². The highest BCUT2D eigenvalue weighted by molar-refractivity contribution is 5.91. The van der Waals surface area contributed by atoms with Crippen LogP contribution in [0.15, 0.2) is 0 Å². The number of primary amides is 1. The zero-order valence-corrected chi connectivity index (χ0v) is 33.2. The van der Waals surface area contributed by atoms with E-state index >= 15 is 0 Å². The number of rotatable bonds is 15. The molecule has 4 fully saturated rings. The molecule has 51 heavy (non-hydrogen) atoms. The molecule has 0 aromatic rings. The van der Waals surface area contributed by atoms with Crippen molar-refractivity contribution in [2.24, 2.45) is 41.2 Å². The summed E-state index contributed by atoms with van der Waals surface area (Å²) >= 11 is 0. The van der Waals surface area contributed by atoms with Gasteiger partial charge in [0, 0.05) is 19.0 Å². The number of amides is 3. The molecule has 0 heterocycles. The van der Waals surface area contributed by atoms with Gasteiger partial charge < -0.3 is 21.7 Å². The Kier molecular flexibility index (Phi) is 19.7.